The second-order valence-corrected chi connectivity index (χ2v) is 8.69. The molecule has 34 heavy (non-hydrogen) atoms. The van der Waals surface area contributed by atoms with Crippen molar-refractivity contribution in [3.8, 4) is 17.0 Å². The largest absolute Gasteiger partial charge is 0.481 e. The number of pyridine rings is 2. The maximum absolute atomic E-state index is 12.3. The quantitative estimate of drug-likeness (QED) is 0.323. The summed E-state index contributed by atoms with van der Waals surface area (Å²) in [5, 5.41) is 13.9. The van der Waals surface area contributed by atoms with Gasteiger partial charge in [0, 0.05) is 35.3 Å². The number of imidazole rings is 1. The van der Waals surface area contributed by atoms with Crippen LogP contribution in [0.3, 0.4) is 0 Å². The van der Waals surface area contributed by atoms with E-state index in [0.717, 1.165) is 16.5 Å². The number of aryl methyl sites for hydroxylation is 1. The average molecular weight is 491 g/mol. The summed E-state index contributed by atoms with van der Waals surface area (Å²) in [6.45, 7) is 0. The first kappa shape index (κ1) is 22.3. The van der Waals surface area contributed by atoms with Crippen LogP contribution in [0.4, 0.5) is 0 Å². The Balaban J connectivity index is 1.83. The number of methoxy groups -OCH3 is 1. The molecule has 5 rings (SSSR count). The number of nitrogens with zero attached hydrogens (tertiary/aromatic N) is 4. The molecule has 8 heteroatoms. The van der Waals surface area contributed by atoms with E-state index in [4.69, 9.17) is 27.9 Å². The van der Waals surface area contributed by atoms with Gasteiger partial charge in [0.1, 0.15) is 5.15 Å². The van der Waals surface area contributed by atoms with Crippen molar-refractivity contribution in [1.29, 1.82) is 0 Å². The van der Waals surface area contributed by atoms with E-state index in [1.165, 1.54) is 0 Å². The van der Waals surface area contributed by atoms with E-state index in [-0.39, 0.29) is 5.15 Å². The van der Waals surface area contributed by atoms with E-state index >= 15 is 0 Å². The first-order valence-corrected chi connectivity index (χ1v) is 11.2. The number of ether oxygens (including phenoxy) is 1. The maximum Gasteiger partial charge on any atom is 0.214 e. The van der Waals surface area contributed by atoms with E-state index in [1.807, 2.05) is 55.6 Å². The number of halogens is 2. The van der Waals surface area contributed by atoms with Crippen molar-refractivity contribution in [3.05, 3.63) is 106 Å². The van der Waals surface area contributed by atoms with Gasteiger partial charge in [0.2, 0.25) is 5.88 Å². The van der Waals surface area contributed by atoms with Crippen molar-refractivity contribution in [2.24, 2.45) is 7.05 Å². The van der Waals surface area contributed by atoms with Crippen LogP contribution in [0.15, 0.2) is 79.4 Å². The van der Waals surface area contributed by atoms with Crippen LogP contribution in [-0.2, 0) is 12.6 Å². The molecule has 1 N–H and O–H groups in total. The second-order valence-electron chi connectivity index (χ2n) is 7.90. The predicted octanol–water partition coefficient (Wildman–Crippen LogP) is 5.63. The Morgan fingerprint density at radius 2 is 1.88 bits per heavy atom. The highest BCUT2D eigenvalue weighted by molar-refractivity contribution is 6.31. The predicted molar refractivity (Wildman–Crippen MR) is 133 cm³/mol. The lowest BCUT2D eigenvalue weighted by molar-refractivity contribution is 0.117. The van der Waals surface area contributed by atoms with Crippen molar-refractivity contribution in [2.75, 3.05) is 7.11 Å². The molecule has 1 unspecified atom stereocenters. The SMILES string of the molecule is COc1cc(-c2cccc(Cl)c2)c2cc(C(O)(c3cccnc3Cl)c3cncn3C)ccc2n1. The van der Waals surface area contributed by atoms with Gasteiger partial charge in [-0.3, -0.25) is 0 Å². The molecule has 1 atom stereocenters. The minimum absolute atomic E-state index is 0.203. The summed E-state index contributed by atoms with van der Waals surface area (Å²) < 4.78 is 7.20. The van der Waals surface area contributed by atoms with Gasteiger partial charge in [-0.15, -0.1) is 0 Å². The lowest BCUT2D eigenvalue weighted by Crippen LogP contribution is -2.31. The fourth-order valence-corrected chi connectivity index (χ4v) is 4.68. The molecular formula is C26H20Cl2N4O2. The zero-order valence-electron chi connectivity index (χ0n) is 18.4. The third-order valence-corrected chi connectivity index (χ3v) is 6.42. The molecule has 0 spiro atoms. The summed E-state index contributed by atoms with van der Waals surface area (Å²) in [6.07, 6.45) is 4.84. The Labute approximate surface area is 206 Å². The number of rotatable bonds is 5. The molecule has 0 saturated carbocycles. The molecule has 2 aromatic carbocycles. The lowest BCUT2D eigenvalue weighted by Gasteiger charge is -2.30. The van der Waals surface area contributed by atoms with Gasteiger partial charge in [-0.1, -0.05) is 47.5 Å². The summed E-state index contributed by atoms with van der Waals surface area (Å²) in [6, 6.07) is 18.5. The fraction of sp³-hybridized carbons (Fsp3) is 0.115. The first-order chi connectivity index (χ1) is 16.4. The number of hydrogen-bond acceptors (Lipinski definition) is 5. The van der Waals surface area contributed by atoms with E-state index in [9.17, 15) is 5.11 Å². The van der Waals surface area contributed by atoms with Crippen LogP contribution >= 0.6 is 23.2 Å². The zero-order chi connectivity index (χ0) is 23.9. The Hall–Kier alpha value is -3.45. The third kappa shape index (κ3) is 3.70. The van der Waals surface area contributed by atoms with Crippen molar-refractivity contribution in [1.82, 2.24) is 19.5 Å². The molecule has 5 aromatic rings. The fourth-order valence-electron chi connectivity index (χ4n) is 4.23. The van der Waals surface area contributed by atoms with Gasteiger partial charge in [-0.25, -0.2) is 15.0 Å². The molecular weight excluding hydrogens is 471 g/mol. The highest BCUT2D eigenvalue weighted by atomic mass is 35.5. The van der Waals surface area contributed by atoms with Crippen LogP contribution in [0.1, 0.15) is 16.8 Å². The number of hydrogen-bond donors (Lipinski definition) is 1. The second kappa shape index (κ2) is 8.72. The van der Waals surface area contributed by atoms with Crippen LogP contribution in [-0.4, -0.2) is 31.7 Å². The summed E-state index contributed by atoms with van der Waals surface area (Å²) in [7, 11) is 3.40. The van der Waals surface area contributed by atoms with Gasteiger partial charge >= 0.3 is 0 Å². The zero-order valence-corrected chi connectivity index (χ0v) is 19.9. The maximum atomic E-state index is 12.3. The minimum Gasteiger partial charge on any atom is -0.481 e. The number of aromatic nitrogens is 4. The number of fused-ring (bicyclic) bond motifs is 1. The van der Waals surface area contributed by atoms with Crippen LogP contribution in [0, 0.1) is 0 Å². The summed E-state index contributed by atoms with van der Waals surface area (Å²) in [5.74, 6) is 0.479. The molecule has 0 amide bonds. The number of aliphatic hydroxyl groups is 1. The number of benzene rings is 2. The van der Waals surface area contributed by atoms with Crippen molar-refractivity contribution < 1.29 is 9.84 Å². The summed E-state index contributed by atoms with van der Waals surface area (Å²) in [5.41, 5.74) is 2.46. The first-order valence-electron chi connectivity index (χ1n) is 10.5. The van der Waals surface area contributed by atoms with Gasteiger partial charge in [0.05, 0.1) is 30.8 Å². The highest BCUT2D eigenvalue weighted by Gasteiger charge is 2.39. The minimum atomic E-state index is -1.61. The van der Waals surface area contributed by atoms with Crippen LogP contribution < -0.4 is 4.74 Å². The topological polar surface area (TPSA) is 73.1 Å². The van der Waals surface area contributed by atoms with Crippen molar-refractivity contribution in [3.63, 3.8) is 0 Å². The van der Waals surface area contributed by atoms with E-state index in [0.29, 0.717) is 33.2 Å². The smallest absolute Gasteiger partial charge is 0.214 e. The molecule has 6 nitrogen and oxygen atoms in total. The normalized spacial score (nSPS) is 13.1. The summed E-state index contributed by atoms with van der Waals surface area (Å²) >= 11 is 12.8. The van der Waals surface area contributed by atoms with E-state index in [2.05, 4.69) is 15.0 Å². The Kier molecular flexibility index (Phi) is 5.73. The Morgan fingerprint density at radius 3 is 2.59 bits per heavy atom. The molecule has 0 fully saturated rings. The molecule has 3 aromatic heterocycles. The monoisotopic (exact) mass is 490 g/mol. The van der Waals surface area contributed by atoms with Crippen LogP contribution in [0.5, 0.6) is 5.88 Å². The standard InChI is InChI=1S/C26H20Cl2N4O2/c1-32-15-29-14-23(32)26(33,21-7-4-10-30-25(21)28)17-8-9-22-20(12-17)19(13-24(31-22)34-2)16-5-3-6-18(27)11-16/h3-15,33H,1-2H3. The lowest BCUT2D eigenvalue weighted by atomic mass is 9.83. The molecule has 0 aliphatic rings. The highest BCUT2D eigenvalue weighted by Crippen LogP contribution is 2.41. The molecule has 0 aliphatic carbocycles. The molecule has 3 heterocycles. The van der Waals surface area contributed by atoms with Gasteiger partial charge in [-0.05, 0) is 47.0 Å². The van der Waals surface area contributed by atoms with Crippen molar-refractivity contribution >= 4 is 34.1 Å². The van der Waals surface area contributed by atoms with Gasteiger partial charge in [0.15, 0.2) is 5.60 Å². The van der Waals surface area contributed by atoms with Crippen molar-refractivity contribution in [2.45, 2.75) is 5.60 Å². The Bertz CT molecular complexity index is 1520. The van der Waals surface area contributed by atoms with Gasteiger partial charge in [-0.2, -0.15) is 0 Å². The molecule has 0 saturated heterocycles. The molecule has 0 bridgehead atoms. The Morgan fingerprint density at radius 1 is 1.03 bits per heavy atom. The molecule has 0 aliphatic heterocycles. The molecule has 0 radical (unpaired) electrons. The summed E-state index contributed by atoms with van der Waals surface area (Å²) in [4.78, 5) is 13.0. The third-order valence-electron chi connectivity index (χ3n) is 5.88. The van der Waals surface area contributed by atoms with Crippen LogP contribution in [0.25, 0.3) is 22.0 Å². The van der Waals surface area contributed by atoms with Gasteiger partial charge < -0.3 is 14.4 Å². The molecule has 170 valence electrons. The van der Waals surface area contributed by atoms with Gasteiger partial charge in [0.25, 0.3) is 0 Å². The van der Waals surface area contributed by atoms with E-state index in [1.54, 1.807) is 42.5 Å². The average Bonchev–Trinajstić information content (AvgIpc) is 3.29. The van der Waals surface area contributed by atoms with Crippen LogP contribution in [0.2, 0.25) is 10.2 Å². The van der Waals surface area contributed by atoms with E-state index < -0.39 is 5.60 Å².